The van der Waals surface area contributed by atoms with Crippen LogP contribution in [0.3, 0.4) is 0 Å². The number of benzene rings is 1. The second-order valence-corrected chi connectivity index (χ2v) is 7.46. The predicted molar refractivity (Wildman–Crippen MR) is 102 cm³/mol. The van der Waals surface area contributed by atoms with E-state index < -0.39 is 0 Å². The lowest BCUT2D eigenvalue weighted by Gasteiger charge is -2.19. The molecule has 5 nitrogen and oxygen atoms in total. The van der Waals surface area contributed by atoms with Crippen LogP contribution >= 0.6 is 11.8 Å². The van der Waals surface area contributed by atoms with Crippen molar-refractivity contribution in [2.24, 2.45) is 0 Å². The molecule has 2 aromatic rings. The number of aromatic nitrogens is 3. The van der Waals surface area contributed by atoms with Gasteiger partial charge in [-0.05, 0) is 43.7 Å². The van der Waals surface area contributed by atoms with Gasteiger partial charge in [0, 0.05) is 13.2 Å². The Labute approximate surface area is 154 Å². The highest BCUT2D eigenvalue weighted by atomic mass is 32.2. The van der Waals surface area contributed by atoms with E-state index in [1.165, 1.54) is 11.1 Å². The zero-order chi connectivity index (χ0) is 17.6. The molecule has 1 aliphatic rings. The molecule has 3 rings (SSSR count). The number of thioether (sulfide) groups is 1. The van der Waals surface area contributed by atoms with Gasteiger partial charge in [-0.3, -0.25) is 4.90 Å². The third kappa shape index (κ3) is 4.84. The van der Waals surface area contributed by atoms with E-state index in [-0.39, 0.29) is 0 Å². The number of rotatable bonds is 8. The number of hydrogen-bond acceptors (Lipinski definition) is 5. The average Bonchev–Trinajstić information content (AvgIpc) is 3.26. The summed E-state index contributed by atoms with van der Waals surface area (Å²) in [6.07, 6.45) is 5.72. The van der Waals surface area contributed by atoms with Gasteiger partial charge in [0.25, 0.3) is 0 Å². The Hall–Kier alpha value is -1.37. The smallest absolute Gasteiger partial charge is 0.191 e. The lowest BCUT2D eigenvalue weighted by molar-refractivity contribution is 0.0934. The highest BCUT2D eigenvalue weighted by molar-refractivity contribution is 7.98. The van der Waals surface area contributed by atoms with Crippen LogP contribution in [0.4, 0.5) is 0 Å². The fourth-order valence-corrected chi connectivity index (χ4v) is 3.77. The van der Waals surface area contributed by atoms with E-state index in [0.717, 1.165) is 56.5 Å². The molecule has 1 aromatic heterocycles. The standard InChI is InChI=1S/C19H28N4OS/c1-4-15-7-9-16(10-8-15)12-22(2)14-18-20-21-19(25-3)23(18)13-17-6-5-11-24-17/h7-10,17H,4-6,11-14H2,1-3H3/t17-/m0/s1. The third-order valence-corrected chi connectivity index (χ3v) is 5.35. The minimum Gasteiger partial charge on any atom is -0.376 e. The molecule has 136 valence electrons. The summed E-state index contributed by atoms with van der Waals surface area (Å²) in [5.41, 5.74) is 2.71. The SMILES string of the molecule is CCc1ccc(CN(C)Cc2nnc(SC)n2C[C@@H]2CCCO2)cc1. The zero-order valence-corrected chi connectivity index (χ0v) is 16.3. The second-order valence-electron chi connectivity index (χ2n) is 6.69. The summed E-state index contributed by atoms with van der Waals surface area (Å²) in [7, 11) is 2.14. The third-order valence-electron chi connectivity index (χ3n) is 4.68. The summed E-state index contributed by atoms with van der Waals surface area (Å²) >= 11 is 1.65. The molecule has 6 heteroatoms. The van der Waals surface area contributed by atoms with Crippen LogP contribution in [-0.2, 0) is 30.8 Å². The number of aryl methyl sites for hydroxylation is 1. The van der Waals surface area contributed by atoms with Gasteiger partial charge in [0.1, 0.15) is 5.82 Å². The lowest BCUT2D eigenvalue weighted by Crippen LogP contribution is -2.23. The highest BCUT2D eigenvalue weighted by Gasteiger charge is 2.21. The molecule has 0 amide bonds. The van der Waals surface area contributed by atoms with Gasteiger partial charge >= 0.3 is 0 Å². The maximum atomic E-state index is 5.80. The van der Waals surface area contributed by atoms with Crippen LogP contribution in [0.2, 0.25) is 0 Å². The predicted octanol–water partition coefficient (Wildman–Crippen LogP) is 3.37. The molecule has 0 spiro atoms. The Bertz CT molecular complexity index is 665. The van der Waals surface area contributed by atoms with E-state index in [2.05, 4.69) is 64.2 Å². The van der Waals surface area contributed by atoms with Crippen molar-refractivity contribution >= 4 is 11.8 Å². The van der Waals surface area contributed by atoms with Crippen molar-refractivity contribution in [3.63, 3.8) is 0 Å². The van der Waals surface area contributed by atoms with Crippen molar-refractivity contribution in [1.82, 2.24) is 19.7 Å². The van der Waals surface area contributed by atoms with Crippen LogP contribution in [0.15, 0.2) is 29.4 Å². The Morgan fingerprint density at radius 3 is 2.60 bits per heavy atom. The van der Waals surface area contributed by atoms with E-state index in [1.807, 2.05) is 0 Å². The topological polar surface area (TPSA) is 43.2 Å². The molecule has 1 atom stereocenters. The Balaban J connectivity index is 1.65. The molecule has 0 aliphatic carbocycles. The number of ether oxygens (including phenoxy) is 1. The van der Waals surface area contributed by atoms with Crippen LogP contribution in [-0.4, -0.2) is 45.7 Å². The minimum atomic E-state index is 0.299. The van der Waals surface area contributed by atoms with Crippen LogP contribution < -0.4 is 0 Å². The molecule has 25 heavy (non-hydrogen) atoms. The van der Waals surface area contributed by atoms with Crippen molar-refractivity contribution in [2.45, 2.75) is 57.1 Å². The van der Waals surface area contributed by atoms with Crippen LogP contribution in [0, 0.1) is 0 Å². The van der Waals surface area contributed by atoms with E-state index in [1.54, 1.807) is 11.8 Å². The largest absolute Gasteiger partial charge is 0.376 e. The number of nitrogens with zero attached hydrogens (tertiary/aromatic N) is 4. The summed E-state index contributed by atoms with van der Waals surface area (Å²) < 4.78 is 8.04. The Morgan fingerprint density at radius 1 is 1.20 bits per heavy atom. The molecule has 0 N–H and O–H groups in total. The fraction of sp³-hybridized carbons (Fsp3) is 0.579. The summed E-state index contributed by atoms with van der Waals surface area (Å²) in [6.45, 7) is 5.62. The van der Waals surface area contributed by atoms with Gasteiger partial charge in [-0.15, -0.1) is 10.2 Å². The van der Waals surface area contributed by atoms with Crippen LogP contribution in [0.1, 0.15) is 36.7 Å². The van der Waals surface area contributed by atoms with Crippen molar-refractivity contribution < 1.29 is 4.74 Å². The fourth-order valence-electron chi connectivity index (χ4n) is 3.25. The quantitative estimate of drug-likeness (QED) is 0.675. The summed E-state index contributed by atoms with van der Waals surface area (Å²) in [6, 6.07) is 8.88. The minimum absolute atomic E-state index is 0.299. The van der Waals surface area contributed by atoms with Gasteiger partial charge in [0.2, 0.25) is 0 Å². The molecule has 0 radical (unpaired) electrons. The van der Waals surface area contributed by atoms with Crippen LogP contribution in [0.5, 0.6) is 0 Å². The summed E-state index contributed by atoms with van der Waals surface area (Å²) in [4.78, 5) is 2.29. The van der Waals surface area contributed by atoms with Gasteiger partial charge in [0.15, 0.2) is 5.16 Å². The van der Waals surface area contributed by atoms with E-state index >= 15 is 0 Å². The van der Waals surface area contributed by atoms with Gasteiger partial charge in [-0.25, -0.2) is 0 Å². The van der Waals surface area contributed by atoms with Crippen molar-refractivity contribution in [2.75, 3.05) is 19.9 Å². The van der Waals surface area contributed by atoms with Crippen molar-refractivity contribution in [3.05, 3.63) is 41.2 Å². The molecule has 2 heterocycles. The molecular weight excluding hydrogens is 332 g/mol. The first-order valence-corrected chi connectivity index (χ1v) is 10.3. The first-order chi connectivity index (χ1) is 12.2. The van der Waals surface area contributed by atoms with Gasteiger partial charge in [-0.1, -0.05) is 43.0 Å². The average molecular weight is 361 g/mol. The normalized spacial score (nSPS) is 17.5. The molecular formula is C19H28N4OS. The molecule has 1 fully saturated rings. The molecule has 1 aromatic carbocycles. The zero-order valence-electron chi connectivity index (χ0n) is 15.4. The molecule has 0 unspecified atom stereocenters. The van der Waals surface area contributed by atoms with E-state index in [9.17, 15) is 0 Å². The first-order valence-electron chi connectivity index (χ1n) is 9.03. The molecule has 1 saturated heterocycles. The maximum absolute atomic E-state index is 5.80. The monoisotopic (exact) mass is 360 g/mol. The lowest BCUT2D eigenvalue weighted by atomic mass is 10.1. The maximum Gasteiger partial charge on any atom is 0.191 e. The Kier molecular flexibility index (Phi) is 6.51. The van der Waals surface area contributed by atoms with Crippen molar-refractivity contribution in [3.8, 4) is 0 Å². The summed E-state index contributed by atoms with van der Waals surface area (Å²) in [5, 5.41) is 9.76. The highest BCUT2D eigenvalue weighted by Crippen LogP contribution is 2.20. The van der Waals surface area contributed by atoms with Gasteiger partial charge in [0.05, 0.1) is 19.2 Å². The van der Waals surface area contributed by atoms with Crippen molar-refractivity contribution in [1.29, 1.82) is 0 Å². The van der Waals surface area contributed by atoms with E-state index in [0.29, 0.717) is 6.10 Å². The molecule has 0 bridgehead atoms. The first kappa shape index (κ1) is 18.4. The molecule has 1 aliphatic heterocycles. The Morgan fingerprint density at radius 2 is 1.96 bits per heavy atom. The van der Waals surface area contributed by atoms with Gasteiger partial charge < -0.3 is 9.30 Å². The summed E-state index contributed by atoms with van der Waals surface area (Å²) in [5.74, 6) is 1.02. The van der Waals surface area contributed by atoms with Gasteiger partial charge in [-0.2, -0.15) is 0 Å². The molecule has 0 saturated carbocycles. The second kappa shape index (κ2) is 8.83. The number of hydrogen-bond donors (Lipinski definition) is 0. The van der Waals surface area contributed by atoms with Crippen LogP contribution in [0.25, 0.3) is 0 Å². The van der Waals surface area contributed by atoms with E-state index in [4.69, 9.17) is 4.74 Å².